The number of thiazole rings is 1. The van der Waals surface area contributed by atoms with Gasteiger partial charge >= 0.3 is 5.63 Å². The van der Waals surface area contributed by atoms with Gasteiger partial charge in [-0.15, -0.1) is 11.3 Å². The molecule has 0 spiro atoms. The molecule has 7 nitrogen and oxygen atoms in total. The van der Waals surface area contributed by atoms with E-state index in [9.17, 15) is 9.59 Å². The van der Waals surface area contributed by atoms with Gasteiger partial charge in [-0.1, -0.05) is 11.6 Å². The largest absolute Gasteiger partial charge is 0.497 e. The molecule has 0 aliphatic heterocycles. The molecule has 0 saturated carbocycles. The lowest BCUT2D eigenvalue weighted by atomic mass is 10.0. The first-order chi connectivity index (χ1) is 15.9. The number of rotatable bonds is 7. The number of amides is 1. The molecule has 2 aromatic carbocycles. The summed E-state index contributed by atoms with van der Waals surface area (Å²) >= 11 is 1.34. The van der Waals surface area contributed by atoms with Gasteiger partial charge in [0, 0.05) is 34.4 Å². The predicted molar refractivity (Wildman–Crippen MR) is 130 cm³/mol. The van der Waals surface area contributed by atoms with Crippen molar-refractivity contribution >= 4 is 33.3 Å². The molecule has 1 N–H and O–H groups in total. The number of nitrogens with one attached hydrogen (secondary N) is 1. The van der Waals surface area contributed by atoms with Crippen LogP contribution in [-0.2, 0) is 11.2 Å². The van der Waals surface area contributed by atoms with E-state index in [2.05, 4.69) is 10.3 Å². The van der Waals surface area contributed by atoms with Gasteiger partial charge < -0.3 is 19.2 Å². The summed E-state index contributed by atoms with van der Waals surface area (Å²) in [6, 6.07) is 11.2. The van der Waals surface area contributed by atoms with Crippen LogP contribution in [0.3, 0.4) is 0 Å². The Bertz CT molecular complexity index is 1390. The minimum absolute atomic E-state index is 0.135. The van der Waals surface area contributed by atoms with Crippen molar-refractivity contribution in [2.45, 2.75) is 26.7 Å². The fourth-order valence-corrected chi connectivity index (χ4v) is 4.41. The second-order valence-electron chi connectivity index (χ2n) is 7.64. The number of anilines is 1. The van der Waals surface area contributed by atoms with Crippen LogP contribution >= 0.6 is 11.3 Å². The van der Waals surface area contributed by atoms with E-state index in [1.807, 2.05) is 49.6 Å². The molecule has 33 heavy (non-hydrogen) atoms. The third-order valence-corrected chi connectivity index (χ3v) is 6.24. The summed E-state index contributed by atoms with van der Waals surface area (Å²) in [6.07, 6.45) is 0.405. The number of hydrogen-bond donors (Lipinski definition) is 1. The lowest BCUT2D eigenvalue weighted by Gasteiger charge is -2.09. The second-order valence-corrected chi connectivity index (χ2v) is 8.50. The Kier molecular flexibility index (Phi) is 6.46. The average Bonchev–Trinajstić information content (AvgIpc) is 3.26. The Hall–Kier alpha value is -3.65. The van der Waals surface area contributed by atoms with Crippen molar-refractivity contribution in [1.29, 1.82) is 0 Å². The highest BCUT2D eigenvalue weighted by molar-refractivity contribution is 7.14. The van der Waals surface area contributed by atoms with Crippen molar-refractivity contribution in [1.82, 2.24) is 4.98 Å². The van der Waals surface area contributed by atoms with Crippen LogP contribution in [0.2, 0.25) is 0 Å². The van der Waals surface area contributed by atoms with Crippen molar-refractivity contribution in [2.24, 2.45) is 0 Å². The number of aryl methyl sites for hydroxylation is 2. The van der Waals surface area contributed by atoms with Gasteiger partial charge in [0.25, 0.3) is 0 Å². The molecule has 0 unspecified atom stereocenters. The molecule has 2 aromatic heterocycles. The number of benzene rings is 2. The molecule has 2 heterocycles. The van der Waals surface area contributed by atoms with Crippen molar-refractivity contribution < 1.29 is 18.7 Å². The molecule has 4 aromatic rings. The van der Waals surface area contributed by atoms with Crippen LogP contribution in [0.4, 0.5) is 5.13 Å². The Balaban J connectivity index is 1.47. The second kappa shape index (κ2) is 9.46. The van der Waals surface area contributed by atoms with E-state index < -0.39 is 5.63 Å². The lowest BCUT2D eigenvalue weighted by molar-refractivity contribution is -0.116. The number of fused-ring (bicyclic) bond motifs is 1. The van der Waals surface area contributed by atoms with Crippen LogP contribution in [0.15, 0.2) is 51.0 Å². The highest BCUT2D eigenvalue weighted by Gasteiger charge is 2.15. The van der Waals surface area contributed by atoms with Gasteiger partial charge in [-0.05, 0) is 50.1 Å². The molecular weight excluding hydrogens is 440 g/mol. The number of aromatic nitrogens is 1. The summed E-state index contributed by atoms with van der Waals surface area (Å²) in [5.74, 6) is 1.11. The minimum Gasteiger partial charge on any atom is -0.497 e. The van der Waals surface area contributed by atoms with Crippen molar-refractivity contribution in [3.63, 3.8) is 0 Å². The summed E-state index contributed by atoms with van der Waals surface area (Å²) in [6.45, 7) is 3.86. The zero-order valence-corrected chi connectivity index (χ0v) is 19.7. The maximum Gasteiger partial charge on any atom is 0.339 e. The van der Waals surface area contributed by atoms with E-state index in [0.29, 0.717) is 22.0 Å². The molecular formula is C25H24N2O5S. The third-order valence-electron chi connectivity index (χ3n) is 5.48. The van der Waals surface area contributed by atoms with Crippen LogP contribution < -0.4 is 20.4 Å². The third kappa shape index (κ3) is 4.75. The van der Waals surface area contributed by atoms with Crippen LogP contribution in [-0.4, -0.2) is 25.1 Å². The zero-order chi connectivity index (χ0) is 23.5. The van der Waals surface area contributed by atoms with Gasteiger partial charge in [0.05, 0.1) is 19.9 Å². The Labute approximate surface area is 195 Å². The Morgan fingerprint density at radius 1 is 1.12 bits per heavy atom. The highest BCUT2D eigenvalue weighted by Crippen LogP contribution is 2.33. The first-order valence-corrected chi connectivity index (χ1v) is 11.3. The first kappa shape index (κ1) is 22.5. The molecule has 0 aliphatic carbocycles. The highest BCUT2D eigenvalue weighted by atomic mass is 32.1. The number of nitrogens with zero attached hydrogens (tertiary/aromatic N) is 1. The van der Waals surface area contributed by atoms with Crippen LogP contribution in [0.5, 0.6) is 11.5 Å². The van der Waals surface area contributed by atoms with Crippen LogP contribution in [0.1, 0.15) is 23.1 Å². The van der Waals surface area contributed by atoms with E-state index in [4.69, 9.17) is 13.9 Å². The first-order valence-electron chi connectivity index (χ1n) is 10.4. The van der Waals surface area contributed by atoms with E-state index in [1.165, 1.54) is 11.3 Å². The molecule has 0 saturated heterocycles. The van der Waals surface area contributed by atoms with Crippen LogP contribution in [0, 0.1) is 13.8 Å². The average molecular weight is 465 g/mol. The molecule has 0 fully saturated rings. The van der Waals surface area contributed by atoms with Gasteiger partial charge in [-0.3, -0.25) is 4.79 Å². The maximum absolute atomic E-state index is 12.6. The molecule has 0 radical (unpaired) electrons. The lowest BCUT2D eigenvalue weighted by Crippen LogP contribution is -2.16. The van der Waals surface area contributed by atoms with Crippen molar-refractivity contribution in [2.75, 3.05) is 19.5 Å². The molecule has 0 bridgehead atoms. The number of hydrogen-bond acceptors (Lipinski definition) is 7. The van der Waals surface area contributed by atoms with Gasteiger partial charge in [0.15, 0.2) is 5.13 Å². The van der Waals surface area contributed by atoms with Gasteiger partial charge in [0.2, 0.25) is 5.91 Å². The topological polar surface area (TPSA) is 90.7 Å². The summed E-state index contributed by atoms with van der Waals surface area (Å²) < 4.78 is 16.1. The standard InChI is InChI=1S/C25H24N2O5S/c1-14-5-9-21(31-4)19(11-14)20-13-33-25(26-20)27-23(28)10-8-18-15(2)17-7-6-16(30-3)12-22(17)32-24(18)29/h5-7,9,11-13H,8,10H2,1-4H3,(H,26,27,28). The quantitative estimate of drug-likeness (QED) is 0.382. The molecule has 8 heteroatoms. The van der Waals surface area contributed by atoms with Crippen LogP contribution in [0.25, 0.3) is 22.2 Å². The zero-order valence-electron chi connectivity index (χ0n) is 18.9. The Morgan fingerprint density at radius 2 is 1.94 bits per heavy atom. The van der Waals surface area contributed by atoms with Crippen molar-refractivity contribution in [3.8, 4) is 22.8 Å². The van der Waals surface area contributed by atoms with Gasteiger partial charge in [-0.2, -0.15) is 0 Å². The summed E-state index contributed by atoms with van der Waals surface area (Å²) in [4.78, 5) is 29.6. The molecule has 1 amide bonds. The summed E-state index contributed by atoms with van der Waals surface area (Å²) in [7, 11) is 3.17. The fraction of sp³-hybridized carbons (Fsp3) is 0.240. The molecule has 0 aliphatic rings. The van der Waals surface area contributed by atoms with E-state index in [0.717, 1.165) is 33.5 Å². The van der Waals surface area contributed by atoms with E-state index in [-0.39, 0.29) is 18.7 Å². The van der Waals surface area contributed by atoms with Crippen molar-refractivity contribution in [3.05, 3.63) is 68.9 Å². The molecule has 170 valence electrons. The van der Waals surface area contributed by atoms with E-state index >= 15 is 0 Å². The SMILES string of the molecule is COc1ccc2c(C)c(CCC(=O)Nc3nc(-c4cc(C)ccc4OC)cs3)c(=O)oc2c1. The molecule has 0 atom stereocenters. The summed E-state index contributed by atoms with van der Waals surface area (Å²) in [5, 5.41) is 6.02. The fourth-order valence-electron chi connectivity index (χ4n) is 3.69. The van der Waals surface area contributed by atoms with Gasteiger partial charge in [0.1, 0.15) is 17.1 Å². The number of carbonyl (C=O) groups is 1. The smallest absolute Gasteiger partial charge is 0.339 e. The monoisotopic (exact) mass is 464 g/mol. The van der Waals surface area contributed by atoms with Gasteiger partial charge in [-0.25, -0.2) is 9.78 Å². The summed E-state index contributed by atoms with van der Waals surface area (Å²) in [5.41, 5.74) is 4.02. The number of carbonyl (C=O) groups excluding carboxylic acids is 1. The minimum atomic E-state index is -0.441. The molecule has 4 rings (SSSR count). The van der Waals surface area contributed by atoms with E-state index in [1.54, 1.807) is 20.3 Å². The predicted octanol–water partition coefficient (Wildman–Crippen LogP) is 5.12. The maximum atomic E-state index is 12.6. The number of methoxy groups -OCH3 is 2. The number of ether oxygens (including phenoxy) is 2. The Morgan fingerprint density at radius 3 is 2.70 bits per heavy atom. The normalized spacial score (nSPS) is 10.9.